The van der Waals surface area contributed by atoms with Crippen molar-refractivity contribution in [1.82, 2.24) is 29.9 Å². The fraction of sp³-hybridized carbons (Fsp3) is 0.424. The average Bonchev–Trinajstić information content (AvgIpc) is 3.56. The van der Waals surface area contributed by atoms with Crippen molar-refractivity contribution in [2.75, 3.05) is 23.8 Å². The molecule has 0 unspecified atom stereocenters. The molecule has 0 aliphatic carbocycles. The molecule has 264 valence electrons. The molecule has 0 radical (unpaired) electrons. The molecule has 3 amide bonds. The van der Waals surface area contributed by atoms with Crippen LogP contribution in [0, 0.1) is 0 Å². The molecule has 0 saturated carbocycles. The van der Waals surface area contributed by atoms with Crippen molar-refractivity contribution in [3.8, 4) is 5.75 Å². The number of aromatic amines is 1. The van der Waals surface area contributed by atoms with Crippen LogP contribution >= 0.6 is 11.6 Å². The summed E-state index contributed by atoms with van der Waals surface area (Å²) in [4.78, 5) is 37.3. The van der Waals surface area contributed by atoms with E-state index in [1.807, 2.05) is 48.5 Å². The highest BCUT2D eigenvalue weighted by atomic mass is 35.5. The number of nitrogens with one attached hydrogen (secondary N) is 5. The Morgan fingerprint density at radius 2 is 1.53 bits per heavy atom. The Morgan fingerprint density at radius 1 is 0.898 bits per heavy atom. The molecule has 2 aromatic carbocycles. The molecule has 4 rings (SSSR count). The van der Waals surface area contributed by atoms with E-state index in [0.29, 0.717) is 22.2 Å². The van der Waals surface area contributed by atoms with Crippen LogP contribution in [0.2, 0.25) is 5.02 Å². The highest BCUT2D eigenvalue weighted by molar-refractivity contribution is 7.89. The maximum atomic E-state index is 13.2. The number of ether oxygens (including phenoxy) is 1. The number of carbonyl (C=O) groups excluding carboxylic acids is 3. The molecule has 0 atom stereocenters. The number of para-hydroxylation sites is 3. The number of hydrogen-bond acceptors (Lipinski definition) is 8. The topological polar surface area (TPSA) is 189 Å². The third-order valence-corrected chi connectivity index (χ3v) is 10.2. The number of fused-ring (bicyclic) bond motifs is 1. The Morgan fingerprint density at radius 3 is 2.18 bits per heavy atom. The Bertz CT molecular complexity index is 1980. The summed E-state index contributed by atoms with van der Waals surface area (Å²) >= 11 is 6.63. The van der Waals surface area contributed by atoms with Crippen LogP contribution in [0.5, 0.6) is 5.75 Å². The molecular formula is C33H43ClN8O6S. The molecule has 2 aromatic heterocycles. The lowest BCUT2D eigenvalue weighted by Crippen LogP contribution is -2.57. The minimum absolute atomic E-state index is 0.118. The molecule has 16 heteroatoms. The van der Waals surface area contributed by atoms with Crippen molar-refractivity contribution in [2.45, 2.75) is 83.1 Å². The monoisotopic (exact) mass is 714 g/mol. The van der Waals surface area contributed by atoms with Crippen LogP contribution in [0.3, 0.4) is 0 Å². The Labute approximate surface area is 290 Å². The van der Waals surface area contributed by atoms with Crippen molar-refractivity contribution < 1.29 is 27.5 Å². The molecule has 0 aliphatic heterocycles. The summed E-state index contributed by atoms with van der Waals surface area (Å²) in [7, 11) is -4.02. The zero-order valence-corrected chi connectivity index (χ0v) is 30.4. The number of carbonyl (C=O) groups is 3. The summed E-state index contributed by atoms with van der Waals surface area (Å²) in [5.74, 6) is -0.478. The molecule has 0 aliphatic rings. The number of aromatic nitrogens is 4. The highest BCUT2D eigenvalue weighted by Gasteiger charge is 2.44. The first-order valence-corrected chi connectivity index (χ1v) is 17.4. The number of benzene rings is 2. The van der Waals surface area contributed by atoms with Gasteiger partial charge in [-0.15, -0.1) is 10.2 Å². The first kappa shape index (κ1) is 37.4. The number of sulfonamides is 1. The molecule has 0 spiro atoms. The smallest absolute Gasteiger partial charge is 0.258 e. The maximum absolute atomic E-state index is 13.2. The fourth-order valence-corrected chi connectivity index (χ4v) is 6.59. The number of nitrogens with zero attached hydrogens (tertiary/aromatic N) is 3. The predicted octanol–water partition coefficient (Wildman–Crippen LogP) is 4.53. The van der Waals surface area contributed by atoms with Gasteiger partial charge in [-0.1, -0.05) is 70.5 Å². The van der Waals surface area contributed by atoms with Crippen molar-refractivity contribution in [1.29, 1.82) is 0 Å². The second-order valence-electron chi connectivity index (χ2n) is 13.7. The standard InChI is InChI=1S/C33H43ClN8O6S/c1-20(43)36-22-14-10-12-16-24(22)49(46,47)35-18-17-25(44)37-21-13-9-11-15-23(21)48-19-26(45)38-33(7,8)32(5,6)30-40-39-29-27(34)28(31(2,3)4)41-42(29)30/h9-16,35,41H,17-19H2,1-8H3,(H,36,43)(H,37,44)(H,38,45). The molecule has 4 aromatic rings. The first-order chi connectivity index (χ1) is 22.7. The van der Waals surface area contributed by atoms with Crippen LogP contribution in [0.15, 0.2) is 53.4 Å². The molecule has 0 saturated heterocycles. The number of halogens is 1. The predicted molar refractivity (Wildman–Crippen MR) is 187 cm³/mol. The highest BCUT2D eigenvalue weighted by Crippen LogP contribution is 2.37. The van der Waals surface area contributed by atoms with Crippen molar-refractivity contribution in [3.63, 3.8) is 0 Å². The van der Waals surface area contributed by atoms with Crippen LogP contribution in [0.25, 0.3) is 5.65 Å². The minimum Gasteiger partial charge on any atom is -0.482 e. The summed E-state index contributed by atoms with van der Waals surface area (Å²) in [5, 5.41) is 20.8. The molecule has 0 bridgehead atoms. The van der Waals surface area contributed by atoms with Gasteiger partial charge >= 0.3 is 0 Å². The first-order valence-electron chi connectivity index (χ1n) is 15.6. The molecule has 49 heavy (non-hydrogen) atoms. The van der Waals surface area contributed by atoms with Crippen LogP contribution in [0.4, 0.5) is 11.4 Å². The van der Waals surface area contributed by atoms with E-state index in [1.54, 1.807) is 34.8 Å². The summed E-state index contributed by atoms with van der Waals surface area (Å²) in [6.45, 7) is 14.5. The molecule has 14 nitrogen and oxygen atoms in total. The molecule has 2 heterocycles. The normalized spacial score (nSPS) is 12.5. The van der Waals surface area contributed by atoms with Gasteiger partial charge < -0.3 is 20.7 Å². The third-order valence-electron chi connectivity index (χ3n) is 8.28. The number of rotatable bonds is 13. The van der Waals surface area contributed by atoms with Gasteiger partial charge in [0.15, 0.2) is 18.1 Å². The van der Waals surface area contributed by atoms with E-state index in [9.17, 15) is 22.8 Å². The summed E-state index contributed by atoms with van der Waals surface area (Å²) in [6.07, 6.45) is -0.196. The Balaban J connectivity index is 1.36. The number of amides is 3. The van der Waals surface area contributed by atoms with Gasteiger partial charge in [-0.05, 0) is 38.1 Å². The van der Waals surface area contributed by atoms with Crippen molar-refractivity contribution in [3.05, 3.63) is 65.1 Å². The second-order valence-corrected chi connectivity index (χ2v) is 15.8. The number of anilines is 2. The van der Waals surface area contributed by atoms with Crippen LogP contribution in [0.1, 0.15) is 73.3 Å². The van der Waals surface area contributed by atoms with Gasteiger partial charge in [-0.2, -0.15) is 0 Å². The van der Waals surface area contributed by atoms with Gasteiger partial charge in [0.05, 0.1) is 17.1 Å². The van der Waals surface area contributed by atoms with Crippen molar-refractivity contribution in [2.24, 2.45) is 0 Å². The van der Waals surface area contributed by atoms with Crippen LogP contribution < -0.4 is 25.4 Å². The summed E-state index contributed by atoms with van der Waals surface area (Å²) in [5.41, 5.74) is -0.0559. The number of hydrogen-bond donors (Lipinski definition) is 5. The van der Waals surface area contributed by atoms with Gasteiger partial charge in [-0.3, -0.25) is 19.5 Å². The van der Waals surface area contributed by atoms with E-state index in [2.05, 4.69) is 36.0 Å². The van der Waals surface area contributed by atoms with Crippen LogP contribution in [-0.2, 0) is 35.2 Å². The minimum atomic E-state index is -4.02. The molecule has 0 fully saturated rings. The maximum Gasteiger partial charge on any atom is 0.258 e. The zero-order chi connectivity index (χ0) is 36.4. The lowest BCUT2D eigenvalue weighted by Gasteiger charge is -2.40. The lowest BCUT2D eigenvalue weighted by molar-refractivity contribution is -0.125. The Hall–Kier alpha value is -4.47. The fourth-order valence-electron chi connectivity index (χ4n) is 4.95. The summed E-state index contributed by atoms with van der Waals surface area (Å²) in [6, 6.07) is 12.5. The number of H-pyrrole nitrogens is 1. The second kappa shape index (κ2) is 14.2. The molecule has 5 N–H and O–H groups in total. The van der Waals surface area contributed by atoms with E-state index >= 15 is 0 Å². The van der Waals surface area contributed by atoms with Crippen LogP contribution in [-0.4, -0.2) is 64.6 Å². The molecular weight excluding hydrogens is 672 g/mol. The summed E-state index contributed by atoms with van der Waals surface area (Å²) < 4.78 is 35.6. The van der Waals surface area contributed by atoms with Gasteiger partial charge in [0, 0.05) is 36.3 Å². The van der Waals surface area contributed by atoms with E-state index < -0.39 is 38.7 Å². The van der Waals surface area contributed by atoms with Gasteiger partial charge in [0.1, 0.15) is 15.7 Å². The van der Waals surface area contributed by atoms with E-state index in [0.717, 1.165) is 5.69 Å². The van der Waals surface area contributed by atoms with Gasteiger partial charge in [-0.25, -0.2) is 17.7 Å². The average molecular weight is 715 g/mol. The van der Waals surface area contributed by atoms with Gasteiger partial charge in [0.25, 0.3) is 5.91 Å². The van der Waals surface area contributed by atoms with Crippen molar-refractivity contribution >= 4 is 56.4 Å². The largest absolute Gasteiger partial charge is 0.482 e. The van der Waals surface area contributed by atoms with E-state index in [-0.39, 0.29) is 41.3 Å². The quantitative estimate of drug-likeness (QED) is 0.134. The zero-order valence-electron chi connectivity index (χ0n) is 28.8. The van der Waals surface area contributed by atoms with E-state index in [1.165, 1.54) is 25.1 Å². The SMILES string of the molecule is CC(=O)Nc1ccccc1S(=O)(=O)NCCC(=O)Nc1ccccc1OCC(=O)NC(C)(C)C(C)(C)c1nnc2c(Cl)c(C(C)(C)C)[nH]n12. The lowest BCUT2D eigenvalue weighted by atomic mass is 9.73. The van der Waals surface area contributed by atoms with E-state index in [4.69, 9.17) is 16.3 Å². The third kappa shape index (κ3) is 8.40. The Kier molecular flexibility index (Phi) is 10.8. The van der Waals surface area contributed by atoms with Gasteiger partial charge in [0.2, 0.25) is 21.8 Å².